The second-order valence-electron chi connectivity index (χ2n) is 8.25. The highest BCUT2D eigenvalue weighted by Crippen LogP contribution is 2.23. The van der Waals surface area contributed by atoms with Gasteiger partial charge in [0, 0.05) is 58.2 Å². The van der Waals surface area contributed by atoms with Crippen LogP contribution in [0, 0.1) is 0 Å². The van der Waals surface area contributed by atoms with E-state index in [2.05, 4.69) is 25.8 Å². The maximum Gasteiger partial charge on any atom is 0.275 e. The Morgan fingerprint density at radius 1 is 1.14 bits per heavy atom. The second kappa shape index (κ2) is 9.50. The fraction of sp³-hybridized carbons (Fsp3) is 0.591. The van der Waals surface area contributed by atoms with Gasteiger partial charge in [-0.1, -0.05) is 25.3 Å². The lowest BCUT2D eigenvalue weighted by Gasteiger charge is -2.33. The van der Waals surface area contributed by atoms with Crippen molar-refractivity contribution in [1.29, 1.82) is 0 Å². The van der Waals surface area contributed by atoms with Crippen LogP contribution in [-0.4, -0.2) is 69.8 Å². The quantitative estimate of drug-likeness (QED) is 0.747. The molecule has 0 radical (unpaired) electrons. The molecular weight excluding hydrogens is 366 g/mol. The van der Waals surface area contributed by atoms with Gasteiger partial charge < -0.3 is 9.32 Å². The van der Waals surface area contributed by atoms with E-state index in [4.69, 9.17) is 4.42 Å². The largest absolute Gasteiger partial charge is 0.447 e. The van der Waals surface area contributed by atoms with E-state index >= 15 is 0 Å². The monoisotopic (exact) mass is 397 g/mol. The maximum atomic E-state index is 12.7. The first-order valence-corrected chi connectivity index (χ1v) is 10.7. The summed E-state index contributed by atoms with van der Waals surface area (Å²) in [7, 11) is 1.90. The molecule has 0 spiro atoms. The molecule has 1 saturated carbocycles. The van der Waals surface area contributed by atoms with E-state index in [1.807, 2.05) is 30.4 Å². The summed E-state index contributed by atoms with van der Waals surface area (Å²) < 4.78 is 5.63. The highest BCUT2D eigenvalue weighted by atomic mass is 16.3. The molecule has 0 N–H and O–H groups in total. The Bertz CT molecular complexity index is 780. The van der Waals surface area contributed by atoms with Gasteiger partial charge in [-0.15, -0.1) is 0 Å². The average Bonchev–Trinajstić information content (AvgIpc) is 3.24. The van der Waals surface area contributed by atoms with E-state index in [1.54, 1.807) is 0 Å². The molecule has 1 amide bonds. The molecule has 3 heterocycles. The zero-order chi connectivity index (χ0) is 20.1. The minimum absolute atomic E-state index is 0.0202. The van der Waals surface area contributed by atoms with Crippen LogP contribution in [0.3, 0.4) is 0 Å². The molecule has 2 aromatic heterocycles. The zero-order valence-corrected chi connectivity index (χ0v) is 17.3. The molecule has 4 rings (SSSR count). The minimum Gasteiger partial charge on any atom is -0.447 e. The number of carbonyl (C=O) groups excluding carboxylic acids is 1. The lowest BCUT2D eigenvalue weighted by molar-refractivity contribution is 0.0690. The summed E-state index contributed by atoms with van der Waals surface area (Å²) >= 11 is 0. The van der Waals surface area contributed by atoms with Gasteiger partial charge in [0.2, 0.25) is 5.89 Å². The Kier molecular flexibility index (Phi) is 6.56. The summed E-state index contributed by atoms with van der Waals surface area (Å²) in [6.07, 6.45) is 11.1. The maximum absolute atomic E-state index is 12.7. The number of oxazole rings is 1. The van der Waals surface area contributed by atoms with Crippen LogP contribution < -0.4 is 0 Å². The zero-order valence-electron chi connectivity index (χ0n) is 17.3. The van der Waals surface area contributed by atoms with Gasteiger partial charge in [-0.2, -0.15) is 0 Å². The summed E-state index contributed by atoms with van der Waals surface area (Å²) in [6.45, 7) is 5.54. The standard InChI is InChI=1S/C22H31N5O2/c1-25(19-7-3-2-4-8-19)22(28)20-17-29-21(24-20)16-27-12-10-26(11-13-27)15-18-6-5-9-23-14-18/h5-6,9,14,17,19H,2-4,7-8,10-13,15-16H2,1H3. The van der Waals surface area contributed by atoms with Crippen molar-refractivity contribution in [2.24, 2.45) is 0 Å². The molecule has 0 unspecified atom stereocenters. The second-order valence-corrected chi connectivity index (χ2v) is 8.25. The summed E-state index contributed by atoms with van der Waals surface area (Å²) in [6, 6.07) is 4.44. The molecular formula is C22H31N5O2. The topological polar surface area (TPSA) is 65.7 Å². The Hall–Kier alpha value is -2.25. The predicted octanol–water partition coefficient (Wildman–Crippen LogP) is 2.79. The van der Waals surface area contributed by atoms with Gasteiger partial charge >= 0.3 is 0 Å². The van der Waals surface area contributed by atoms with Crippen LogP contribution in [0.5, 0.6) is 0 Å². The predicted molar refractivity (Wildman–Crippen MR) is 110 cm³/mol. The first-order valence-electron chi connectivity index (χ1n) is 10.7. The molecule has 1 saturated heterocycles. The molecule has 1 aliphatic heterocycles. The Morgan fingerprint density at radius 3 is 2.55 bits per heavy atom. The van der Waals surface area contributed by atoms with Gasteiger partial charge in [0.25, 0.3) is 5.91 Å². The molecule has 7 nitrogen and oxygen atoms in total. The number of piperazine rings is 1. The van der Waals surface area contributed by atoms with Crippen LogP contribution in [0.25, 0.3) is 0 Å². The molecule has 7 heteroatoms. The van der Waals surface area contributed by atoms with E-state index in [0.29, 0.717) is 24.2 Å². The molecule has 1 aliphatic carbocycles. The van der Waals surface area contributed by atoms with Crippen LogP contribution >= 0.6 is 0 Å². The van der Waals surface area contributed by atoms with Crippen LogP contribution in [0.2, 0.25) is 0 Å². The van der Waals surface area contributed by atoms with Crippen molar-refractivity contribution in [1.82, 2.24) is 24.7 Å². The lowest BCUT2D eigenvalue weighted by atomic mass is 9.94. The summed E-state index contributed by atoms with van der Waals surface area (Å²) in [5.41, 5.74) is 1.68. The molecule has 0 atom stereocenters. The van der Waals surface area contributed by atoms with E-state index in [1.165, 1.54) is 31.1 Å². The van der Waals surface area contributed by atoms with Gasteiger partial charge in [0.1, 0.15) is 6.26 Å². The summed E-state index contributed by atoms with van der Waals surface area (Å²) in [5.74, 6) is 0.610. The SMILES string of the molecule is CN(C(=O)c1coc(CN2CCN(Cc3cccnc3)CC2)n1)C1CCCCC1. The molecule has 2 aliphatic rings. The average molecular weight is 398 g/mol. The van der Waals surface area contributed by atoms with Crippen molar-refractivity contribution in [3.05, 3.63) is 47.9 Å². The first kappa shape index (κ1) is 20.0. The molecule has 0 aromatic carbocycles. The van der Waals surface area contributed by atoms with Crippen LogP contribution in [-0.2, 0) is 13.1 Å². The number of rotatable bonds is 6. The van der Waals surface area contributed by atoms with Crippen molar-refractivity contribution in [2.45, 2.75) is 51.2 Å². The number of pyridine rings is 1. The molecule has 29 heavy (non-hydrogen) atoms. The molecule has 2 aromatic rings. The number of amides is 1. The van der Waals surface area contributed by atoms with Gasteiger partial charge in [0.05, 0.1) is 6.54 Å². The van der Waals surface area contributed by atoms with Crippen molar-refractivity contribution in [2.75, 3.05) is 33.2 Å². The van der Waals surface area contributed by atoms with Crippen molar-refractivity contribution in [3.8, 4) is 0 Å². The summed E-state index contributed by atoms with van der Waals surface area (Å²) in [5, 5.41) is 0. The number of hydrogen-bond acceptors (Lipinski definition) is 6. The van der Waals surface area contributed by atoms with Crippen molar-refractivity contribution in [3.63, 3.8) is 0 Å². The van der Waals surface area contributed by atoms with Crippen LogP contribution in [0.4, 0.5) is 0 Å². The van der Waals surface area contributed by atoms with Crippen LogP contribution in [0.1, 0.15) is 54.0 Å². The number of carbonyl (C=O) groups is 1. The normalized spacial score (nSPS) is 19.3. The fourth-order valence-electron chi connectivity index (χ4n) is 4.34. The van der Waals surface area contributed by atoms with Gasteiger partial charge in [0.15, 0.2) is 5.69 Å². The number of nitrogens with zero attached hydrogens (tertiary/aromatic N) is 5. The molecule has 156 valence electrons. The van der Waals surface area contributed by atoms with E-state index in [0.717, 1.165) is 45.6 Å². The third-order valence-electron chi connectivity index (χ3n) is 6.17. The van der Waals surface area contributed by atoms with Gasteiger partial charge in [-0.25, -0.2) is 4.98 Å². The summed E-state index contributed by atoms with van der Waals surface area (Å²) in [4.78, 5) is 28.1. The highest BCUT2D eigenvalue weighted by molar-refractivity contribution is 5.92. The lowest BCUT2D eigenvalue weighted by Crippen LogP contribution is -2.45. The van der Waals surface area contributed by atoms with E-state index in [9.17, 15) is 4.79 Å². The minimum atomic E-state index is -0.0202. The van der Waals surface area contributed by atoms with E-state index < -0.39 is 0 Å². The third-order valence-corrected chi connectivity index (χ3v) is 6.17. The number of hydrogen-bond donors (Lipinski definition) is 0. The number of aromatic nitrogens is 2. The fourth-order valence-corrected chi connectivity index (χ4v) is 4.34. The van der Waals surface area contributed by atoms with Crippen molar-refractivity contribution < 1.29 is 9.21 Å². The van der Waals surface area contributed by atoms with Crippen LogP contribution in [0.15, 0.2) is 35.2 Å². The Morgan fingerprint density at radius 2 is 1.86 bits per heavy atom. The smallest absolute Gasteiger partial charge is 0.275 e. The van der Waals surface area contributed by atoms with Gasteiger partial charge in [-0.3, -0.25) is 19.6 Å². The van der Waals surface area contributed by atoms with E-state index in [-0.39, 0.29) is 5.91 Å². The Labute approximate surface area is 172 Å². The first-order chi connectivity index (χ1) is 14.2. The Balaban J connectivity index is 1.26. The highest BCUT2D eigenvalue weighted by Gasteiger charge is 2.26. The molecule has 0 bridgehead atoms. The van der Waals surface area contributed by atoms with Gasteiger partial charge in [-0.05, 0) is 24.5 Å². The van der Waals surface area contributed by atoms with Crippen molar-refractivity contribution >= 4 is 5.91 Å². The molecule has 2 fully saturated rings. The third kappa shape index (κ3) is 5.22.